The van der Waals surface area contributed by atoms with E-state index in [1.165, 1.54) is 0 Å². The summed E-state index contributed by atoms with van der Waals surface area (Å²) in [6.07, 6.45) is 8.00. The molecular formula is C16H22N4O. The van der Waals surface area contributed by atoms with E-state index in [9.17, 15) is 10.1 Å². The second-order valence-corrected chi connectivity index (χ2v) is 6.75. The molecule has 1 N–H and O–H groups in total. The lowest BCUT2D eigenvalue weighted by Gasteiger charge is -2.29. The van der Waals surface area contributed by atoms with E-state index in [0.29, 0.717) is 5.69 Å². The number of likely N-dealkylation sites (tertiary alicyclic amines) is 1. The first-order valence-electron chi connectivity index (χ1n) is 7.30. The first-order chi connectivity index (χ1) is 9.90. The Morgan fingerprint density at radius 2 is 2.29 bits per heavy atom. The molecule has 1 fully saturated rings. The molecule has 0 saturated carbocycles. The van der Waals surface area contributed by atoms with Gasteiger partial charge in [-0.05, 0) is 36.8 Å². The molecule has 5 heteroatoms. The van der Waals surface area contributed by atoms with Crippen molar-refractivity contribution in [3.63, 3.8) is 0 Å². The summed E-state index contributed by atoms with van der Waals surface area (Å²) in [6, 6.07) is 3.35. The van der Waals surface area contributed by atoms with Crippen LogP contribution >= 0.6 is 0 Å². The summed E-state index contributed by atoms with van der Waals surface area (Å²) in [5, 5.41) is 12.2. The summed E-state index contributed by atoms with van der Waals surface area (Å²) in [6.45, 7) is 6.47. The van der Waals surface area contributed by atoms with Crippen molar-refractivity contribution in [1.29, 1.82) is 5.26 Å². The van der Waals surface area contributed by atoms with Crippen LogP contribution in [-0.4, -0.2) is 27.9 Å². The molecule has 112 valence electrons. The van der Waals surface area contributed by atoms with Crippen molar-refractivity contribution in [1.82, 2.24) is 9.88 Å². The maximum atomic E-state index is 12.4. The topological polar surface area (TPSA) is 69.0 Å². The van der Waals surface area contributed by atoms with Gasteiger partial charge < -0.3 is 5.32 Å². The van der Waals surface area contributed by atoms with Gasteiger partial charge in [0.1, 0.15) is 6.04 Å². The van der Waals surface area contributed by atoms with Gasteiger partial charge in [-0.25, -0.2) is 0 Å². The van der Waals surface area contributed by atoms with Crippen LogP contribution in [0.5, 0.6) is 0 Å². The second-order valence-electron chi connectivity index (χ2n) is 6.75. The number of nitriles is 1. The average Bonchev–Trinajstić information content (AvgIpc) is 2.80. The maximum Gasteiger partial charge on any atom is 0.247 e. The Balaban J connectivity index is 2.03. The largest absolute Gasteiger partial charge is 0.323 e. The SMILES string of the molecule is CC(C)(C)CC1CCC(C(=O)Nc2cccnc2)N1C#N. The zero-order chi connectivity index (χ0) is 15.5. The summed E-state index contributed by atoms with van der Waals surface area (Å²) < 4.78 is 0. The molecule has 2 rings (SSSR count). The number of anilines is 1. The molecule has 1 aromatic heterocycles. The van der Waals surface area contributed by atoms with Crippen LogP contribution in [0.4, 0.5) is 5.69 Å². The van der Waals surface area contributed by atoms with Crippen LogP contribution in [0.3, 0.4) is 0 Å². The van der Waals surface area contributed by atoms with Crippen LogP contribution in [0.2, 0.25) is 0 Å². The van der Waals surface area contributed by atoms with Gasteiger partial charge in [0.15, 0.2) is 6.19 Å². The Hall–Kier alpha value is -2.09. The molecule has 0 radical (unpaired) electrons. The minimum Gasteiger partial charge on any atom is -0.323 e. The van der Waals surface area contributed by atoms with E-state index in [0.717, 1.165) is 19.3 Å². The highest BCUT2D eigenvalue weighted by Gasteiger charge is 2.38. The van der Waals surface area contributed by atoms with E-state index in [2.05, 4.69) is 37.3 Å². The van der Waals surface area contributed by atoms with E-state index >= 15 is 0 Å². The van der Waals surface area contributed by atoms with Gasteiger partial charge in [0.25, 0.3) is 0 Å². The molecule has 0 aliphatic carbocycles. The van der Waals surface area contributed by atoms with Gasteiger partial charge in [0, 0.05) is 12.2 Å². The third kappa shape index (κ3) is 3.94. The zero-order valence-corrected chi connectivity index (χ0v) is 12.8. The molecule has 2 atom stereocenters. The average molecular weight is 286 g/mol. The quantitative estimate of drug-likeness (QED) is 0.867. The summed E-state index contributed by atoms with van der Waals surface area (Å²) in [7, 11) is 0. The molecule has 1 aromatic rings. The Kier molecular flexibility index (Phi) is 4.46. The van der Waals surface area contributed by atoms with Crippen molar-refractivity contribution < 1.29 is 4.79 Å². The standard InChI is InChI=1S/C16H22N4O/c1-16(2,3)9-13-6-7-14(20(13)11-17)15(21)19-12-5-4-8-18-10-12/h4-5,8,10,13-14H,6-7,9H2,1-3H3,(H,19,21). The van der Waals surface area contributed by atoms with Crippen LogP contribution < -0.4 is 5.32 Å². The lowest BCUT2D eigenvalue weighted by Crippen LogP contribution is -2.41. The van der Waals surface area contributed by atoms with Gasteiger partial charge in [-0.3, -0.25) is 14.7 Å². The Morgan fingerprint density at radius 1 is 1.52 bits per heavy atom. The van der Waals surface area contributed by atoms with Crippen molar-refractivity contribution in [3.8, 4) is 6.19 Å². The monoisotopic (exact) mass is 286 g/mol. The predicted molar refractivity (Wildman–Crippen MR) is 81.2 cm³/mol. The lowest BCUT2D eigenvalue weighted by atomic mass is 9.87. The number of hydrogen-bond acceptors (Lipinski definition) is 4. The minimum atomic E-state index is -0.373. The Bertz CT molecular complexity index is 529. The third-order valence-electron chi connectivity index (χ3n) is 3.70. The van der Waals surface area contributed by atoms with Crippen LogP contribution in [-0.2, 0) is 4.79 Å². The number of nitrogens with one attached hydrogen (secondary N) is 1. The van der Waals surface area contributed by atoms with E-state index in [1.807, 2.05) is 0 Å². The number of amides is 1. The predicted octanol–water partition coefficient (Wildman–Crippen LogP) is 2.77. The molecule has 0 aromatic carbocycles. The van der Waals surface area contributed by atoms with Gasteiger partial charge in [-0.1, -0.05) is 20.8 Å². The van der Waals surface area contributed by atoms with Gasteiger partial charge in [0.05, 0.1) is 11.9 Å². The van der Waals surface area contributed by atoms with Crippen molar-refractivity contribution in [2.45, 2.75) is 52.1 Å². The summed E-state index contributed by atoms with van der Waals surface area (Å²) >= 11 is 0. The molecule has 0 spiro atoms. The first kappa shape index (κ1) is 15.3. The van der Waals surface area contributed by atoms with Crippen molar-refractivity contribution >= 4 is 11.6 Å². The molecule has 2 heterocycles. The third-order valence-corrected chi connectivity index (χ3v) is 3.70. The fourth-order valence-corrected chi connectivity index (χ4v) is 2.86. The molecule has 1 saturated heterocycles. The summed E-state index contributed by atoms with van der Waals surface area (Å²) in [4.78, 5) is 18.0. The molecule has 1 aliphatic rings. The first-order valence-corrected chi connectivity index (χ1v) is 7.30. The second kappa shape index (κ2) is 6.13. The number of aromatic nitrogens is 1. The zero-order valence-electron chi connectivity index (χ0n) is 12.8. The molecule has 21 heavy (non-hydrogen) atoms. The molecule has 1 amide bonds. The smallest absolute Gasteiger partial charge is 0.247 e. The number of hydrogen-bond donors (Lipinski definition) is 1. The van der Waals surface area contributed by atoms with Crippen molar-refractivity contribution in [2.24, 2.45) is 5.41 Å². The van der Waals surface area contributed by atoms with E-state index in [1.54, 1.807) is 29.4 Å². The van der Waals surface area contributed by atoms with Gasteiger partial charge >= 0.3 is 0 Å². The number of carbonyl (C=O) groups excluding carboxylic acids is 1. The number of carbonyl (C=O) groups is 1. The van der Waals surface area contributed by atoms with Gasteiger partial charge in [0.2, 0.25) is 5.91 Å². The Labute approximate surface area is 126 Å². The van der Waals surface area contributed by atoms with E-state index in [4.69, 9.17) is 0 Å². The fourth-order valence-electron chi connectivity index (χ4n) is 2.86. The molecule has 0 bridgehead atoms. The van der Waals surface area contributed by atoms with Crippen LogP contribution in [0, 0.1) is 16.9 Å². The van der Waals surface area contributed by atoms with Gasteiger partial charge in [-0.15, -0.1) is 0 Å². The molecule has 1 aliphatic heterocycles. The van der Waals surface area contributed by atoms with Crippen molar-refractivity contribution in [3.05, 3.63) is 24.5 Å². The minimum absolute atomic E-state index is 0.124. The molecule has 2 unspecified atom stereocenters. The fraction of sp³-hybridized carbons (Fsp3) is 0.562. The normalized spacial score (nSPS) is 21.9. The van der Waals surface area contributed by atoms with Crippen molar-refractivity contribution in [2.75, 3.05) is 5.32 Å². The maximum absolute atomic E-state index is 12.4. The van der Waals surface area contributed by atoms with Crippen LogP contribution in [0.1, 0.15) is 40.0 Å². The van der Waals surface area contributed by atoms with E-state index < -0.39 is 0 Å². The van der Waals surface area contributed by atoms with Gasteiger partial charge in [-0.2, -0.15) is 5.26 Å². The molecular weight excluding hydrogens is 264 g/mol. The highest BCUT2D eigenvalue weighted by atomic mass is 16.2. The Morgan fingerprint density at radius 3 is 2.86 bits per heavy atom. The number of rotatable bonds is 3. The van der Waals surface area contributed by atoms with E-state index in [-0.39, 0.29) is 23.4 Å². The highest BCUT2D eigenvalue weighted by molar-refractivity contribution is 5.95. The number of pyridine rings is 1. The number of nitrogens with zero attached hydrogens (tertiary/aromatic N) is 3. The highest BCUT2D eigenvalue weighted by Crippen LogP contribution is 2.33. The lowest BCUT2D eigenvalue weighted by molar-refractivity contribution is -0.119. The van der Waals surface area contributed by atoms with Crippen LogP contribution in [0.15, 0.2) is 24.5 Å². The summed E-state index contributed by atoms with van der Waals surface area (Å²) in [5.41, 5.74) is 0.814. The molecule has 5 nitrogen and oxygen atoms in total. The van der Waals surface area contributed by atoms with Crippen LogP contribution in [0.25, 0.3) is 0 Å². The summed E-state index contributed by atoms with van der Waals surface area (Å²) in [5.74, 6) is -0.124.